The Morgan fingerprint density at radius 3 is 2.50 bits per heavy atom. The minimum Gasteiger partial charge on any atom is -0.374 e. The maximum Gasteiger partial charge on any atom is 0.146 e. The van der Waals surface area contributed by atoms with Crippen LogP contribution in [0.3, 0.4) is 0 Å². The van der Waals surface area contributed by atoms with Crippen LogP contribution in [-0.2, 0) is 4.74 Å². The van der Waals surface area contributed by atoms with Crippen molar-refractivity contribution in [3.63, 3.8) is 0 Å². The second kappa shape index (κ2) is 3.40. The summed E-state index contributed by atoms with van der Waals surface area (Å²) in [4.78, 5) is 0. The molecule has 0 fully saturated rings. The molecule has 0 heterocycles. The molecule has 0 aliphatic carbocycles. The van der Waals surface area contributed by atoms with Crippen molar-refractivity contribution < 1.29 is 9.94 Å². The van der Waals surface area contributed by atoms with Crippen molar-refractivity contribution in [2.24, 2.45) is 0 Å². The number of ether oxygens (including phenoxy) is 1. The first kappa shape index (κ1) is 7.39. The predicted octanol–water partition coefficient (Wildman–Crippen LogP) is -0.0226. The largest absolute Gasteiger partial charge is 0.374 e. The van der Waals surface area contributed by atoms with Gasteiger partial charge >= 0.3 is 0 Å². The Morgan fingerprint density at radius 2 is 2.38 bits per heavy atom. The van der Waals surface area contributed by atoms with Gasteiger partial charge in [0, 0.05) is 7.11 Å². The van der Waals surface area contributed by atoms with E-state index in [4.69, 9.17) is 10.6 Å². The second-order valence-electron chi connectivity index (χ2n) is 1.40. The van der Waals surface area contributed by atoms with Gasteiger partial charge in [-0.15, -0.1) is 0 Å². The summed E-state index contributed by atoms with van der Waals surface area (Å²) in [5.74, 6) is -0.0347. The van der Waals surface area contributed by atoms with Crippen LogP contribution in [0.1, 0.15) is 6.92 Å². The zero-order valence-corrected chi connectivity index (χ0v) is 4.93. The zero-order valence-electron chi connectivity index (χ0n) is 4.93. The standard InChI is InChI=1S/C4H10N2O2/c1-3(8-2)4(5)6-7/h3,7H,1-2H3,(H2,5,6)/t3-/m0/s1. The average Bonchev–Trinajstić information content (AvgIpc) is 1.84. The van der Waals surface area contributed by atoms with E-state index in [1.165, 1.54) is 7.11 Å². The highest BCUT2D eigenvalue weighted by Gasteiger charge is 2.03. The van der Waals surface area contributed by atoms with Crippen LogP contribution in [0.4, 0.5) is 0 Å². The summed E-state index contributed by atoms with van der Waals surface area (Å²) in [6.45, 7) is 1.66. The van der Waals surface area contributed by atoms with E-state index < -0.39 is 0 Å². The fourth-order valence-corrected chi connectivity index (χ4v) is 0.209. The number of rotatable bonds is 2. The van der Waals surface area contributed by atoms with Gasteiger partial charge in [-0.25, -0.2) is 0 Å². The van der Waals surface area contributed by atoms with Crippen molar-refractivity contribution in [1.82, 2.24) is 5.48 Å². The van der Waals surface area contributed by atoms with Crippen molar-refractivity contribution in [3.8, 4) is 0 Å². The van der Waals surface area contributed by atoms with Gasteiger partial charge < -0.3 is 4.74 Å². The summed E-state index contributed by atoms with van der Waals surface area (Å²) in [6, 6.07) is 0. The monoisotopic (exact) mass is 118 g/mol. The Hall–Kier alpha value is -0.610. The van der Waals surface area contributed by atoms with Crippen molar-refractivity contribution in [2.75, 3.05) is 7.11 Å². The van der Waals surface area contributed by atoms with Gasteiger partial charge in [0.25, 0.3) is 0 Å². The molecule has 0 aromatic heterocycles. The summed E-state index contributed by atoms with van der Waals surface area (Å²) in [5.41, 5.74) is 1.67. The number of hydroxylamine groups is 1. The predicted molar refractivity (Wildman–Crippen MR) is 29.1 cm³/mol. The first-order valence-electron chi connectivity index (χ1n) is 2.23. The molecule has 3 N–H and O–H groups in total. The number of nitrogens with one attached hydrogen (secondary N) is 2. The minimum absolute atomic E-state index is 0.0347. The Morgan fingerprint density at radius 1 is 1.88 bits per heavy atom. The Kier molecular flexibility index (Phi) is 3.14. The van der Waals surface area contributed by atoms with Crippen molar-refractivity contribution in [3.05, 3.63) is 0 Å². The third-order valence-corrected chi connectivity index (χ3v) is 0.881. The summed E-state index contributed by atoms with van der Waals surface area (Å²) < 4.78 is 4.66. The summed E-state index contributed by atoms with van der Waals surface area (Å²) in [5, 5.41) is 14.9. The van der Waals surface area contributed by atoms with Crippen LogP contribution in [0, 0.1) is 5.41 Å². The van der Waals surface area contributed by atoms with Gasteiger partial charge in [-0.3, -0.25) is 16.1 Å². The zero-order chi connectivity index (χ0) is 6.57. The van der Waals surface area contributed by atoms with E-state index in [9.17, 15) is 0 Å². The van der Waals surface area contributed by atoms with Crippen LogP contribution in [0.25, 0.3) is 0 Å². The lowest BCUT2D eigenvalue weighted by Gasteiger charge is -2.07. The highest BCUT2D eigenvalue weighted by atomic mass is 16.5. The molecule has 0 aliphatic rings. The number of methoxy groups -OCH3 is 1. The van der Waals surface area contributed by atoms with Gasteiger partial charge in [0.15, 0.2) is 0 Å². The SMILES string of the molecule is CO[C@@H](C)C(=N)NO. The molecule has 0 unspecified atom stereocenters. The number of hydrogen-bond acceptors (Lipinski definition) is 3. The summed E-state index contributed by atoms with van der Waals surface area (Å²) in [7, 11) is 1.47. The molecule has 4 nitrogen and oxygen atoms in total. The smallest absolute Gasteiger partial charge is 0.146 e. The number of hydrogen-bond donors (Lipinski definition) is 3. The van der Waals surface area contributed by atoms with Crippen LogP contribution < -0.4 is 5.48 Å². The molecule has 0 rings (SSSR count). The molecule has 0 aromatic rings. The van der Waals surface area contributed by atoms with Gasteiger partial charge in [-0.2, -0.15) is 0 Å². The maximum absolute atomic E-state index is 8.08. The topological polar surface area (TPSA) is 65.3 Å². The summed E-state index contributed by atoms with van der Waals surface area (Å²) >= 11 is 0. The highest BCUT2D eigenvalue weighted by molar-refractivity contribution is 5.81. The molecule has 4 heteroatoms. The Balaban J connectivity index is 3.46. The Labute approximate surface area is 47.9 Å². The third kappa shape index (κ3) is 1.90. The van der Waals surface area contributed by atoms with E-state index >= 15 is 0 Å². The van der Waals surface area contributed by atoms with E-state index in [1.54, 1.807) is 12.4 Å². The molecule has 0 aromatic carbocycles. The third-order valence-electron chi connectivity index (χ3n) is 0.881. The van der Waals surface area contributed by atoms with Crippen molar-refractivity contribution in [1.29, 1.82) is 5.41 Å². The van der Waals surface area contributed by atoms with Gasteiger partial charge in [0.2, 0.25) is 0 Å². The molecule has 8 heavy (non-hydrogen) atoms. The molecule has 0 bridgehead atoms. The quantitative estimate of drug-likeness (QED) is 0.271. The van der Waals surface area contributed by atoms with Gasteiger partial charge in [-0.1, -0.05) is 0 Å². The first-order chi connectivity index (χ1) is 3.72. The normalized spacial score (nSPS) is 12.9. The molecule has 0 spiro atoms. The molecule has 0 saturated carbocycles. The lowest BCUT2D eigenvalue weighted by molar-refractivity contribution is 0.146. The first-order valence-corrected chi connectivity index (χ1v) is 2.23. The molecule has 1 atom stereocenters. The summed E-state index contributed by atoms with van der Waals surface area (Å²) in [6.07, 6.45) is -0.361. The molecule has 0 radical (unpaired) electrons. The lowest BCUT2D eigenvalue weighted by atomic mass is 10.4. The van der Waals surface area contributed by atoms with Gasteiger partial charge in [0.05, 0.1) is 0 Å². The molecule has 0 aliphatic heterocycles. The molecular weight excluding hydrogens is 108 g/mol. The van der Waals surface area contributed by atoms with Crippen molar-refractivity contribution >= 4 is 5.84 Å². The number of amidine groups is 1. The molecule has 0 saturated heterocycles. The van der Waals surface area contributed by atoms with Crippen molar-refractivity contribution in [2.45, 2.75) is 13.0 Å². The van der Waals surface area contributed by atoms with Crippen LogP contribution >= 0.6 is 0 Å². The minimum atomic E-state index is -0.361. The van der Waals surface area contributed by atoms with Crippen LogP contribution in [-0.4, -0.2) is 24.3 Å². The molecule has 48 valence electrons. The van der Waals surface area contributed by atoms with E-state index in [0.29, 0.717) is 0 Å². The molecule has 0 amide bonds. The van der Waals surface area contributed by atoms with Crippen LogP contribution in [0.2, 0.25) is 0 Å². The Bertz CT molecular complexity index is 84.1. The fourth-order valence-electron chi connectivity index (χ4n) is 0.209. The van der Waals surface area contributed by atoms with E-state index in [1.807, 2.05) is 0 Å². The highest BCUT2D eigenvalue weighted by Crippen LogP contribution is 1.84. The van der Waals surface area contributed by atoms with Crippen LogP contribution in [0.15, 0.2) is 0 Å². The lowest BCUT2D eigenvalue weighted by Crippen LogP contribution is -2.30. The van der Waals surface area contributed by atoms with E-state index in [-0.39, 0.29) is 11.9 Å². The maximum atomic E-state index is 8.08. The van der Waals surface area contributed by atoms with E-state index in [2.05, 4.69) is 4.74 Å². The van der Waals surface area contributed by atoms with Gasteiger partial charge in [0.1, 0.15) is 11.9 Å². The fraction of sp³-hybridized carbons (Fsp3) is 0.750. The molecular formula is C4H10N2O2. The van der Waals surface area contributed by atoms with Gasteiger partial charge in [-0.05, 0) is 6.92 Å². The van der Waals surface area contributed by atoms with E-state index in [0.717, 1.165) is 0 Å². The van der Waals surface area contributed by atoms with Crippen LogP contribution in [0.5, 0.6) is 0 Å². The second-order valence-corrected chi connectivity index (χ2v) is 1.40. The average molecular weight is 118 g/mol.